The van der Waals surface area contributed by atoms with Gasteiger partial charge in [0, 0.05) is 4.88 Å². The molecular formula is C12H18N2O3S. The van der Waals surface area contributed by atoms with Crippen molar-refractivity contribution in [1.82, 2.24) is 5.32 Å². The van der Waals surface area contributed by atoms with Crippen LogP contribution in [0.4, 0.5) is 0 Å². The Bertz CT molecular complexity index is 392. The van der Waals surface area contributed by atoms with Gasteiger partial charge in [0.15, 0.2) is 0 Å². The fourth-order valence-corrected chi connectivity index (χ4v) is 2.44. The second kappa shape index (κ2) is 7.13. The minimum atomic E-state index is -1.07. The van der Waals surface area contributed by atoms with Gasteiger partial charge in [-0.1, -0.05) is 19.4 Å². The lowest BCUT2D eigenvalue weighted by molar-refractivity contribution is -0.139. The molecule has 6 heteroatoms. The highest BCUT2D eigenvalue weighted by Crippen LogP contribution is 2.23. The molecule has 5 nitrogen and oxygen atoms in total. The fourth-order valence-electron chi connectivity index (χ4n) is 1.62. The molecule has 0 spiro atoms. The standard InChI is InChI=1S/C12H18N2O3S/c1-2-4-9(10-5-3-6-18-10)14-12(17)8(13)7-11(15)16/h3,5-6,8-9H,2,4,7,13H2,1H3,(H,14,17)(H,15,16). The molecule has 0 aliphatic carbocycles. The van der Waals surface area contributed by atoms with E-state index < -0.39 is 17.9 Å². The molecule has 1 rings (SSSR count). The number of rotatable bonds is 7. The summed E-state index contributed by atoms with van der Waals surface area (Å²) >= 11 is 1.57. The first-order valence-electron chi connectivity index (χ1n) is 5.85. The van der Waals surface area contributed by atoms with Gasteiger partial charge in [-0.3, -0.25) is 9.59 Å². The molecule has 0 radical (unpaired) electrons. The maximum atomic E-state index is 11.8. The second-order valence-electron chi connectivity index (χ2n) is 4.07. The normalized spacial score (nSPS) is 13.9. The first-order chi connectivity index (χ1) is 8.54. The Morgan fingerprint density at radius 3 is 2.78 bits per heavy atom. The van der Waals surface area contributed by atoms with Crippen LogP contribution in [0.25, 0.3) is 0 Å². The smallest absolute Gasteiger partial charge is 0.305 e. The SMILES string of the molecule is CCCC(NC(=O)C(N)CC(=O)O)c1cccs1. The molecule has 0 bridgehead atoms. The zero-order valence-corrected chi connectivity index (χ0v) is 11.1. The Morgan fingerprint density at radius 2 is 2.28 bits per heavy atom. The van der Waals surface area contributed by atoms with E-state index in [0.717, 1.165) is 17.7 Å². The molecule has 0 aliphatic heterocycles. The Labute approximate surface area is 110 Å². The van der Waals surface area contributed by atoms with Gasteiger partial charge in [-0.15, -0.1) is 11.3 Å². The topological polar surface area (TPSA) is 92.4 Å². The summed E-state index contributed by atoms with van der Waals surface area (Å²) in [7, 11) is 0. The molecule has 1 heterocycles. The van der Waals surface area contributed by atoms with E-state index in [0.29, 0.717) is 0 Å². The number of carboxylic acids is 1. The summed E-state index contributed by atoms with van der Waals surface area (Å²) < 4.78 is 0. The van der Waals surface area contributed by atoms with Crippen LogP contribution >= 0.6 is 11.3 Å². The van der Waals surface area contributed by atoms with Gasteiger partial charge < -0.3 is 16.2 Å². The number of aliphatic carboxylic acids is 1. The highest BCUT2D eigenvalue weighted by atomic mass is 32.1. The number of carbonyl (C=O) groups excluding carboxylic acids is 1. The largest absolute Gasteiger partial charge is 0.481 e. The summed E-state index contributed by atoms with van der Waals surface area (Å²) in [6.07, 6.45) is 1.39. The zero-order valence-electron chi connectivity index (χ0n) is 10.3. The van der Waals surface area contributed by atoms with Crippen LogP contribution in [0.1, 0.15) is 37.1 Å². The minimum Gasteiger partial charge on any atom is -0.481 e. The van der Waals surface area contributed by atoms with E-state index in [1.807, 2.05) is 24.4 Å². The van der Waals surface area contributed by atoms with Crippen LogP contribution in [0.3, 0.4) is 0 Å². The quantitative estimate of drug-likeness (QED) is 0.700. The van der Waals surface area contributed by atoms with Gasteiger partial charge in [-0.25, -0.2) is 0 Å². The van der Waals surface area contributed by atoms with Crippen LogP contribution < -0.4 is 11.1 Å². The molecule has 0 aromatic carbocycles. The second-order valence-corrected chi connectivity index (χ2v) is 5.05. The van der Waals surface area contributed by atoms with Gasteiger partial charge in [0.05, 0.1) is 18.5 Å². The van der Waals surface area contributed by atoms with E-state index in [1.165, 1.54) is 0 Å². The Kier molecular flexibility index (Phi) is 5.80. The van der Waals surface area contributed by atoms with Crippen LogP contribution in [0.2, 0.25) is 0 Å². The Balaban J connectivity index is 2.61. The van der Waals surface area contributed by atoms with Crippen LogP contribution in [-0.4, -0.2) is 23.0 Å². The third-order valence-corrected chi connectivity index (χ3v) is 3.50. The number of thiophene rings is 1. The van der Waals surface area contributed by atoms with Gasteiger partial charge in [-0.2, -0.15) is 0 Å². The summed E-state index contributed by atoms with van der Waals surface area (Å²) in [5.74, 6) is -1.48. The molecule has 1 amide bonds. The van der Waals surface area contributed by atoms with Gasteiger partial charge in [0.1, 0.15) is 0 Å². The summed E-state index contributed by atoms with van der Waals surface area (Å²) in [5, 5.41) is 13.4. The maximum Gasteiger partial charge on any atom is 0.305 e. The van der Waals surface area contributed by atoms with Crippen molar-refractivity contribution >= 4 is 23.2 Å². The number of amides is 1. The van der Waals surface area contributed by atoms with E-state index in [1.54, 1.807) is 11.3 Å². The summed E-state index contributed by atoms with van der Waals surface area (Å²) in [4.78, 5) is 23.3. The van der Waals surface area contributed by atoms with Crippen LogP contribution in [0.15, 0.2) is 17.5 Å². The van der Waals surface area contributed by atoms with Gasteiger partial charge in [-0.05, 0) is 17.9 Å². The first kappa shape index (κ1) is 14.7. The number of hydrogen-bond donors (Lipinski definition) is 3. The van der Waals surface area contributed by atoms with E-state index in [2.05, 4.69) is 5.32 Å². The predicted octanol–water partition coefficient (Wildman–Crippen LogP) is 1.51. The van der Waals surface area contributed by atoms with Crippen molar-refractivity contribution in [2.45, 2.75) is 38.3 Å². The highest BCUT2D eigenvalue weighted by Gasteiger charge is 2.21. The van der Waals surface area contributed by atoms with Crippen LogP contribution in [-0.2, 0) is 9.59 Å². The third kappa shape index (κ3) is 4.46. The number of nitrogens with two attached hydrogens (primary N) is 1. The molecule has 4 N–H and O–H groups in total. The zero-order chi connectivity index (χ0) is 13.5. The first-order valence-corrected chi connectivity index (χ1v) is 6.73. The Hall–Kier alpha value is -1.40. The predicted molar refractivity (Wildman–Crippen MR) is 70.3 cm³/mol. The summed E-state index contributed by atoms with van der Waals surface area (Å²) in [6, 6.07) is 2.80. The van der Waals surface area contributed by atoms with Crippen molar-refractivity contribution in [2.24, 2.45) is 5.73 Å². The van der Waals surface area contributed by atoms with E-state index in [9.17, 15) is 9.59 Å². The number of hydrogen-bond acceptors (Lipinski definition) is 4. The molecule has 2 unspecified atom stereocenters. The lowest BCUT2D eigenvalue weighted by Crippen LogP contribution is -2.43. The molecule has 0 saturated carbocycles. The van der Waals surface area contributed by atoms with Gasteiger partial charge in [0.2, 0.25) is 5.91 Å². The van der Waals surface area contributed by atoms with Crippen molar-refractivity contribution in [2.75, 3.05) is 0 Å². The molecule has 0 saturated heterocycles. The maximum absolute atomic E-state index is 11.8. The van der Waals surface area contributed by atoms with Crippen molar-refractivity contribution in [3.63, 3.8) is 0 Å². The summed E-state index contributed by atoms with van der Waals surface area (Å²) in [6.45, 7) is 2.03. The molecule has 0 aliphatic rings. The third-order valence-electron chi connectivity index (χ3n) is 2.51. The number of carboxylic acid groups (broad SMARTS) is 1. The summed E-state index contributed by atoms with van der Waals surface area (Å²) in [5.41, 5.74) is 5.53. The molecule has 1 aromatic rings. The average molecular weight is 270 g/mol. The lowest BCUT2D eigenvalue weighted by atomic mass is 10.1. The molecular weight excluding hydrogens is 252 g/mol. The lowest BCUT2D eigenvalue weighted by Gasteiger charge is -2.19. The molecule has 0 fully saturated rings. The number of carbonyl (C=O) groups is 2. The fraction of sp³-hybridized carbons (Fsp3) is 0.500. The average Bonchev–Trinajstić information content (AvgIpc) is 2.80. The monoisotopic (exact) mass is 270 g/mol. The minimum absolute atomic E-state index is 0.0812. The Morgan fingerprint density at radius 1 is 1.56 bits per heavy atom. The van der Waals surface area contributed by atoms with Gasteiger partial charge >= 0.3 is 5.97 Å². The van der Waals surface area contributed by atoms with Crippen molar-refractivity contribution in [3.8, 4) is 0 Å². The van der Waals surface area contributed by atoms with Crippen molar-refractivity contribution < 1.29 is 14.7 Å². The highest BCUT2D eigenvalue weighted by molar-refractivity contribution is 7.10. The molecule has 1 aromatic heterocycles. The van der Waals surface area contributed by atoms with Crippen molar-refractivity contribution in [3.05, 3.63) is 22.4 Å². The molecule has 100 valence electrons. The molecule has 2 atom stereocenters. The van der Waals surface area contributed by atoms with Gasteiger partial charge in [0.25, 0.3) is 0 Å². The van der Waals surface area contributed by atoms with Crippen LogP contribution in [0.5, 0.6) is 0 Å². The van der Waals surface area contributed by atoms with E-state index in [-0.39, 0.29) is 12.5 Å². The number of nitrogens with one attached hydrogen (secondary N) is 1. The molecule has 18 heavy (non-hydrogen) atoms. The van der Waals surface area contributed by atoms with E-state index in [4.69, 9.17) is 10.8 Å². The van der Waals surface area contributed by atoms with Crippen LogP contribution in [0, 0.1) is 0 Å². The van der Waals surface area contributed by atoms with E-state index >= 15 is 0 Å². The van der Waals surface area contributed by atoms with Crippen molar-refractivity contribution in [1.29, 1.82) is 0 Å².